The van der Waals surface area contributed by atoms with Crippen molar-refractivity contribution in [2.75, 3.05) is 20.7 Å². The van der Waals surface area contributed by atoms with Crippen LogP contribution >= 0.6 is 12.6 Å². The average Bonchev–Trinajstić information content (AvgIpc) is 2.55. The van der Waals surface area contributed by atoms with Gasteiger partial charge in [0.15, 0.2) is 0 Å². The van der Waals surface area contributed by atoms with Crippen molar-refractivity contribution in [3.8, 4) is 0 Å². The Hall–Kier alpha value is -1.49. The van der Waals surface area contributed by atoms with Gasteiger partial charge in [-0.15, -0.1) is 12.6 Å². The predicted octanol–water partition coefficient (Wildman–Crippen LogP) is 3.28. The standard InChI is InChI=1S/C19H28N2OS/c1-5-6-11-19(23)18(12-17(14-22)20-3)21(4)13-16-10-8-7-9-15(16)2/h5-12,17,20,22-23H,13-14H2,1-4H3/b6-5-,18-12-,19-11-. The molecule has 0 heterocycles. The van der Waals surface area contributed by atoms with E-state index in [1.807, 2.05) is 51.4 Å². The minimum atomic E-state index is -0.106. The van der Waals surface area contributed by atoms with Gasteiger partial charge < -0.3 is 15.3 Å². The van der Waals surface area contributed by atoms with E-state index in [0.717, 1.165) is 17.1 Å². The number of likely N-dealkylation sites (N-methyl/N-ethyl adjacent to an activating group) is 2. The zero-order valence-corrected chi connectivity index (χ0v) is 15.3. The van der Waals surface area contributed by atoms with Gasteiger partial charge in [0.25, 0.3) is 0 Å². The summed E-state index contributed by atoms with van der Waals surface area (Å²) < 4.78 is 0. The third-order valence-corrected chi connectivity index (χ3v) is 4.09. The smallest absolute Gasteiger partial charge is 0.0621 e. The van der Waals surface area contributed by atoms with Crippen LogP contribution in [0.15, 0.2) is 59.2 Å². The lowest BCUT2D eigenvalue weighted by atomic mass is 10.1. The highest BCUT2D eigenvalue weighted by molar-refractivity contribution is 7.84. The summed E-state index contributed by atoms with van der Waals surface area (Å²) in [5.74, 6) is 0. The number of hydrogen-bond donors (Lipinski definition) is 3. The third-order valence-electron chi connectivity index (χ3n) is 3.72. The highest BCUT2D eigenvalue weighted by Gasteiger charge is 2.12. The molecule has 0 aliphatic heterocycles. The van der Waals surface area contributed by atoms with E-state index in [9.17, 15) is 5.11 Å². The summed E-state index contributed by atoms with van der Waals surface area (Å²) in [6, 6.07) is 8.26. The molecule has 0 aliphatic rings. The van der Waals surface area contributed by atoms with Crippen molar-refractivity contribution in [2.45, 2.75) is 26.4 Å². The van der Waals surface area contributed by atoms with Crippen LogP contribution in [0.25, 0.3) is 0 Å². The Morgan fingerprint density at radius 1 is 1.39 bits per heavy atom. The second-order valence-electron chi connectivity index (χ2n) is 5.49. The molecule has 4 heteroatoms. The van der Waals surface area contributed by atoms with E-state index in [0.29, 0.717) is 0 Å². The predicted molar refractivity (Wildman–Crippen MR) is 103 cm³/mol. The first-order valence-corrected chi connectivity index (χ1v) is 8.26. The third kappa shape index (κ3) is 6.26. The summed E-state index contributed by atoms with van der Waals surface area (Å²) in [5, 5.41) is 12.6. The first-order valence-electron chi connectivity index (χ1n) is 7.81. The van der Waals surface area contributed by atoms with E-state index in [1.165, 1.54) is 11.1 Å². The van der Waals surface area contributed by atoms with Crippen LogP contribution in [0.4, 0.5) is 0 Å². The summed E-state index contributed by atoms with van der Waals surface area (Å²) in [6.07, 6.45) is 7.91. The fraction of sp³-hybridized carbons (Fsp3) is 0.368. The molecule has 0 radical (unpaired) electrons. The van der Waals surface area contributed by atoms with Crippen molar-refractivity contribution >= 4 is 12.6 Å². The lowest BCUT2D eigenvalue weighted by molar-refractivity contribution is 0.268. The van der Waals surface area contributed by atoms with E-state index in [-0.39, 0.29) is 12.6 Å². The molecule has 3 nitrogen and oxygen atoms in total. The van der Waals surface area contributed by atoms with E-state index in [4.69, 9.17) is 0 Å². The van der Waals surface area contributed by atoms with Gasteiger partial charge in [-0.25, -0.2) is 0 Å². The topological polar surface area (TPSA) is 35.5 Å². The van der Waals surface area contributed by atoms with E-state index in [1.54, 1.807) is 0 Å². The molecule has 0 saturated carbocycles. The molecular formula is C19H28N2OS. The average molecular weight is 333 g/mol. The molecule has 126 valence electrons. The molecule has 1 unspecified atom stereocenters. The van der Waals surface area contributed by atoms with Crippen LogP contribution in [0.2, 0.25) is 0 Å². The van der Waals surface area contributed by atoms with Gasteiger partial charge in [0.1, 0.15) is 0 Å². The van der Waals surface area contributed by atoms with Gasteiger partial charge in [-0.05, 0) is 44.2 Å². The SMILES string of the molecule is C\C=C/C=C(S)/C(=C/C(CO)NC)N(C)Cc1ccccc1C. The number of rotatable bonds is 8. The highest BCUT2D eigenvalue weighted by atomic mass is 32.1. The number of aryl methyl sites for hydroxylation is 1. The van der Waals surface area contributed by atoms with Crippen LogP contribution in [-0.2, 0) is 6.54 Å². The van der Waals surface area contributed by atoms with Crippen molar-refractivity contribution in [3.05, 3.63) is 70.3 Å². The first-order chi connectivity index (χ1) is 11.0. The van der Waals surface area contributed by atoms with Gasteiger partial charge in [0.05, 0.1) is 12.6 Å². The fourth-order valence-corrected chi connectivity index (χ4v) is 2.56. The molecule has 1 aromatic carbocycles. The van der Waals surface area contributed by atoms with Gasteiger partial charge in [0, 0.05) is 24.2 Å². The molecule has 0 amide bonds. The summed E-state index contributed by atoms with van der Waals surface area (Å²) in [6.45, 7) is 4.92. The molecule has 0 aliphatic carbocycles. The van der Waals surface area contributed by atoms with Crippen molar-refractivity contribution < 1.29 is 5.11 Å². The lowest BCUT2D eigenvalue weighted by Gasteiger charge is -2.25. The van der Waals surface area contributed by atoms with Crippen LogP contribution in [0, 0.1) is 6.92 Å². The van der Waals surface area contributed by atoms with Gasteiger partial charge >= 0.3 is 0 Å². The van der Waals surface area contributed by atoms with Crippen molar-refractivity contribution in [2.24, 2.45) is 0 Å². The highest BCUT2D eigenvalue weighted by Crippen LogP contribution is 2.22. The van der Waals surface area contributed by atoms with Gasteiger partial charge in [-0.1, -0.05) is 36.4 Å². The molecule has 2 N–H and O–H groups in total. The van der Waals surface area contributed by atoms with E-state index >= 15 is 0 Å². The summed E-state index contributed by atoms with van der Waals surface area (Å²) in [5.41, 5.74) is 3.53. The van der Waals surface area contributed by atoms with Crippen LogP contribution < -0.4 is 5.32 Å². The van der Waals surface area contributed by atoms with E-state index < -0.39 is 0 Å². The maximum atomic E-state index is 9.46. The minimum absolute atomic E-state index is 0.0445. The summed E-state index contributed by atoms with van der Waals surface area (Å²) in [4.78, 5) is 3.03. The molecular weight excluding hydrogens is 304 g/mol. The molecule has 1 atom stereocenters. The van der Waals surface area contributed by atoms with Crippen LogP contribution in [0.1, 0.15) is 18.1 Å². The Labute approximate surface area is 145 Å². The Kier molecular flexibility index (Phi) is 8.77. The minimum Gasteiger partial charge on any atom is -0.394 e. The Morgan fingerprint density at radius 2 is 2.09 bits per heavy atom. The molecule has 23 heavy (non-hydrogen) atoms. The largest absolute Gasteiger partial charge is 0.394 e. The van der Waals surface area contributed by atoms with Crippen LogP contribution in [0.5, 0.6) is 0 Å². The zero-order valence-electron chi connectivity index (χ0n) is 14.5. The van der Waals surface area contributed by atoms with Gasteiger partial charge in [-0.2, -0.15) is 0 Å². The number of hydrogen-bond acceptors (Lipinski definition) is 4. The molecule has 1 aromatic rings. The molecule has 0 spiro atoms. The maximum absolute atomic E-state index is 9.46. The second kappa shape index (κ2) is 10.3. The molecule has 0 aromatic heterocycles. The van der Waals surface area contributed by atoms with Gasteiger partial charge in [0.2, 0.25) is 0 Å². The molecule has 1 rings (SSSR count). The van der Waals surface area contributed by atoms with Gasteiger partial charge in [-0.3, -0.25) is 0 Å². The molecule has 0 bridgehead atoms. The summed E-state index contributed by atoms with van der Waals surface area (Å²) in [7, 11) is 3.88. The Morgan fingerprint density at radius 3 is 2.65 bits per heavy atom. The van der Waals surface area contributed by atoms with Crippen molar-refractivity contribution in [3.63, 3.8) is 0 Å². The van der Waals surface area contributed by atoms with Crippen LogP contribution in [-0.4, -0.2) is 36.8 Å². The quantitative estimate of drug-likeness (QED) is 0.505. The summed E-state index contributed by atoms with van der Waals surface area (Å²) >= 11 is 4.63. The number of aliphatic hydroxyl groups is 1. The normalized spacial score (nSPS) is 14.3. The second-order valence-corrected chi connectivity index (χ2v) is 5.97. The number of nitrogens with one attached hydrogen (secondary N) is 1. The monoisotopic (exact) mass is 332 g/mol. The Bertz CT molecular complexity index is 574. The van der Waals surface area contributed by atoms with Crippen molar-refractivity contribution in [1.29, 1.82) is 0 Å². The number of thiol groups is 1. The van der Waals surface area contributed by atoms with Crippen LogP contribution in [0.3, 0.4) is 0 Å². The number of benzene rings is 1. The van der Waals surface area contributed by atoms with E-state index in [2.05, 4.69) is 48.0 Å². The first kappa shape index (κ1) is 19.6. The lowest BCUT2D eigenvalue weighted by Crippen LogP contribution is -2.29. The fourth-order valence-electron chi connectivity index (χ4n) is 2.23. The molecule has 0 saturated heterocycles. The number of allylic oxidation sites excluding steroid dienone is 3. The van der Waals surface area contributed by atoms with Crippen molar-refractivity contribution in [1.82, 2.24) is 10.2 Å². The number of nitrogens with zero attached hydrogens (tertiary/aromatic N) is 1. The zero-order chi connectivity index (χ0) is 17.2. The Balaban J connectivity index is 3.10. The molecule has 0 fully saturated rings. The maximum Gasteiger partial charge on any atom is 0.0621 e. The number of aliphatic hydroxyl groups excluding tert-OH is 1.